The molecular weight excluding hydrogens is 237 g/mol. The van der Waals surface area contributed by atoms with Gasteiger partial charge in [0.1, 0.15) is 11.4 Å². The molecule has 0 bridgehead atoms. The van der Waals surface area contributed by atoms with E-state index in [1.807, 2.05) is 0 Å². The van der Waals surface area contributed by atoms with Gasteiger partial charge in [-0.25, -0.2) is 9.18 Å². The maximum Gasteiger partial charge on any atom is 0.341 e. The fourth-order valence-corrected chi connectivity index (χ4v) is 1.70. The number of carbonyl (C=O) groups is 1. The zero-order valence-corrected chi connectivity index (χ0v) is 9.53. The summed E-state index contributed by atoms with van der Waals surface area (Å²) in [6.45, 7) is 1.78. The molecule has 0 fully saturated rings. The molecule has 0 saturated heterocycles. The number of nitrogens with one attached hydrogen (secondary N) is 1. The van der Waals surface area contributed by atoms with Crippen LogP contribution < -0.4 is 5.56 Å². The Balaban J connectivity index is 2.65. The smallest absolute Gasteiger partial charge is 0.341 e. The second-order valence-corrected chi connectivity index (χ2v) is 3.90. The number of rotatable bonds is 2. The zero-order valence-electron chi connectivity index (χ0n) is 9.53. The highest BCUT2D eigenvalue weighted by molar-refractivity contribution is 5.88. The van der Waals surface area contributed by atoms with E-state index in [0.717, 1.165) is 5.56 Å². The van der Waals surface area contributed by atoms with Gasteiger partial charge in [0, 0.05) is 6.20 Å². The first kappa shape index (κ1) is 12.0. The second-order valence-electron chi connectivity index (χ2n) is 3.90. The number of carboxylic acids is 1. The molecule has 2 rings (SSSR count). The standard InChI is InChI=1S/C13H10FNO3/c1-7-2-3-9(14)5-10(7)8-4-11(13(17)18)12(16)15-6-8/h2-6H,1H3,(H,15,16)(H,17,18). The number of benzene rings is 1. The number of aryl methyl sites for hydroxylation is 1. The first-order valence-corrected chi connectivity index (χ1v) is 5.21. The Morgan fingerprint density at radius 1 is 1.33 bits per heavy atom. The summed E-state index contributed by atoms with van der Waals surface area (Å²) in [6, 6.07) is 5.45. The Morgan fingerprint density at radius 2 is 2.06 bits per heavy atom. The van der Waals surface area contributed by atoms with Gasteiger partial charge in [0.15, 0.2) is 0 Å². The molecular formula is C13H10FNO3. The van der Waals surface area contributed by atoms with Crippen molar-refractivity contribution in [3.8, 4) is 11.1 Å². The van der Waals surface area contributed by atoms with Gasteiger partial charge in [-0.05, 0) is 41.8 Å². The topological polar surface area (TPSA) is 70.2 Å². The summed E-state index contributed by atoms with van der Waals surface area (Å²) < 4.78 is 13.2. The number of pyridine rings is 1. The molecule has 0 unspecified atom stereocenters. The van der Waals surface area contributed by atoms with Gasteiger partial charge < -0.3 is 10.1 Å². The molecule has 1 aromatic heterocycles. The highest BCUT2D eigenvalue weighted by Crippen LogP contribution is 2.23. The number of carboxylic acid groups (broad SMARTS) is 1. The first-order valence-electron chi connectivity index (χ1n) is 5.21. The third-order valence-corrected chi connectivity index (χ3v) is 2.64. The molecule has 5 heteroatoms. The second kappa shape index (κ2) is 4.44. The van der Waals surface area contributed by atoms with Crippen LogP contribution in [-0.4, -0.2) is 16.1 Å². The van der Waals surface area contributed by atoms with Crippen LogP contribution in [0.2, 0.25) is 0 Å². The molecule has 0 atom stereocenters. The highest BCUT2D eigenvalue weighted by Gasteiger charge is 2.11. The van der Waals surface area contributed by atoms with Crippen LogP contribution in [0.3, 0.4) is 0 Å². The van der Waals surface area contributed by atoms with Crippen molar-refractivity contribution >= 4 is 5.97 Å². The number of halogens is 1. The van der Waals surface area contributed by atoms with Gasteiger partial charge in [-0.2, -0.15) is 0 Å². The van der Waals surface area contributed by atoms with Crippen LogP contribution in [0.5, 0.6) is 0 Å². The van der Waals surface area contributed by atoms with Crippen molar-refractivity contribution < 1.29 is 14.3 Å². The van der Waals surface area contributed by atoms with E-state index in [2.05, 4.69) is 4.98 Å². The van der Waals surface area contributed by atoms with E-state index in [1.54, 1.807) is 13.0 Å². The number of hydrogen-bond acceptors (Lipinski definition) is 2. The third-order valence-electron chi connectivity index (χ3n) is 2.64. The summed E-state index contributed by atoms with van der Waals surface area (Å²) >= 11 is 0. The largest absolute Gasteiger partial charge is 0.477 e. The number of hydrogen-bond donors (Lipinski definition) is 2. The summed E-state index contributed by atoms with van der Waals surface area (Å²) in [6.07, 6.45) is 1.37. The summed E-state index contributed by atoms with van der Waals surface area (Å²) in [4.78, 5) is 24.5. The molecule has 4 nitrogen and oxygen atoms in total. The lowest BCUT2D eigenvalue weighted by atomic mass is 10.0. The van der Waals surface area contributed by atoms with E-state index in [-0.39, 0.29) is 5.56 Å². The van der Waals surface area contributed by atoms with Crippen molar-refractivity contribution in [3.05, 3.63) is 57.8 Å². The van der Waals surface area contributed by atoms with Crippen LogP contribution in [0.25, 0.3) is 11.1 Å². The fourth-order valence-electron chi connectivity index (χ4n) is 1.70. The quantitative estimate of drug-likeness (QED) is 0.854. The van der Waals surface area contributed by atoms with Gasteiger partial charge in [0.05, 0.1) is 0 Å². The maximum atomic E-state index is 13.2. The summed E-state index contributed by atoms with van der Waals surface area (Å²) in [5, 5.41) is 8.87. The molecule has 18 heavy (non-hydrogen) atoms. The fraction of sp³-hybridized carbons (Fsp3) is 0.0769. The van der Waals surface area contributed by atoms with Gasteiger partial charge in [-0.15, -0.1) is 0 Å². The third kappa shape index (κ3) is 2.15. The van der Waals surface area contributed by atoms with Crippen molar-refractivity contribution in [1.29, 1.82) is 0 Å². The minimum atomic E-state index is -1.31. The number of aromatic nitrogens is 1. The monoisotopic (exact) mass is 247 g/mol. The van der Waals surface area contributed by atoms with Gasteiger partial charge in [-0.1, -0.05) is 6.07 Å². The molecule has 0 amide bonds. The molecule has 1 aromatic carbocycles. The minimum Gasteiger partial charge on any atom is -0.477 e. The Hall–Kier alpha value is -2.43. The molecule has 0 saturated carbocycles. The van der Waals surface area contributed by atoms with E-state index in [4.69, 9.17) is 5.11 Å². The van der Waals surface area contributed by atoms with Crippen LogP contribution in [0, 0.1) is 12.7 Å². The molecule has 0 radical (unpaired) electrons. The lowest BCUT2D eigenvalue weighted by Crippen LogP contribution is -2.16. The van der Waals surface area contributed by atoms with Crippen molar-refractivity contribution in [3.63, 3.8) is 0 Å². The van der Waals surface area contributed by atoms with Crippen LogP contribution in [0.1, 0.15) is 15.9 Å². The lowest BCUT2D eigenvalue weighted by Gasteiger charge is -2.06. The Kier molecular flexibility index (Phi) is 2.97. The van der Waals surface area contributed by atoms with Crippen molar-refractivity contribution in [2.45, 2.75) is 6.92 Å². The molecule has 0 aliphatic heterocycles. The number of aromatic amines is 1. The average molecular weight is 247 g/mol. The van der Waals surface area contributed by atoms with E-state index in [9.17, 15) is 14.0 Å². The van der Waals surface area contributed by atoms with Crippen molar-refractivity contribution in [1.82, 2.24) is 4.98 Å². The molecule has 0 aliphatic rings. The first-order chi connectivity index (χ1) is 8.49. The van der Waals surface area contributed by atoms with Gasteiger partial charge in [0.2, 0.25) is 0 Å². The van der Waals surface area contributed by atoms with Crippen molar-refractivity contribution in [2.24, 2.45) is 0 Å². The number of aromatic carboxylic acids is 1. The Morgan fingerprint density at radius 3 is 2.72 bits per heavy atom. The predicted molar refractivity (Wildman–Crippen MR) is 64.2 cm³/mol. The summed E-state index contributed by atoms with van der Waals surface area (Å²) in [5.41, 5.74) is 0.758. The maximum absolute atomic E-state index is 13.2. The summed E-state index contributed by atoms with van der Waals surface area (Å²) in [5.74, 6) is -1.73. The van der Waals surface area contributed by atoms with Crippen LogP contribution in [-0.2, 0) is 0 Å². The van der Waals surface area contributed by atoms with Crippen LogP contribution in [0.4, 0.5) is 4.39 Å². The molecule has 1 heterocycles. The van der Waals surface area contributed by atoms with E-state index < -0.39 is 17.3 Å². The minimum absolute atomic E-state index is 0.365. The molecule has 92 valence electrons. The molecule has 0 aliphatic carbocycles. The van der Waals surface area contributed by atoms with Gasteiger partial charge >= 0.3 is 5.97 Å². The van der Waals surface area contributed by atoms with E-state index in [1.165, 1.54) is 24.4 Å². The van der Waals surface area contributed by atoms with Gasteiger partial charge in [0.25, 0.3) is 5.56 Å². The lowest BCUT2D eigenvalue weighted by molar-refractivity contribution is 0.0695. The molecule has 2 aromatic rings. The normalized spacial score (nSPS) is 10.3. The summed E-state index contributed by atoms with van der Waals surface area (Å²) in [7, 11) is 0. The van der Waals surface area contributed by atoms with Crippen molar-refractivity contribution in [2.75, 3.05) is 0 Å². The Bertz CT molecular complexity index is 676. The predicted octanol–water partition coefficient (Wildman–Crippen LogP) is 2.19. The SMILES string of the molecule is Cc1ccc(F)cc1-c1c[nH]c(=O)c(C(=O)O)c1. The van der Waals surface area contributed by atoms with Crippen LogP contribution >= 0.6 is 0 Å². The molecule has 0 spiro atoms. The molecule has 2 N–H and O–H groups in total. The van der Waals surface area contributed by atoms with E-state index in [0.29, 0.717) is 11.1 Å². The number of H-pyrrole nitrogens is 1. The Labute approximate surface area is 102 Å². The van der Waals surface area contributed by atoms with E-state index >= 15 is 0 Å². The average Bonchev–Trinajstić information content (AvgIpc) is 2.33. The highest BCUT2D eigenvalue weighted by atomic mass is 19.1. The zero-order chi connectivity index (χ0) is 13.3. The van der Waals surface area contributed by atoms with Gasteiger partial charge in [-0.3, -0.25) is 4.79 Å². The van der Waals surface area contributed by atoms with Crippen LogP contribution in [0.15, 0.2) is 35.3 Å².